The van der Waals surface area contributed by atoms with Crippen molar-refractivity contribution in [3.05, 3.63) is 0 Å². The number of nitriles is 1. The van der Waals surface area contributed by atoms with Gasteiger partial charge in [0.25, 0.3) is 0 Å². The molecule has 2 unspecified atom stereocenters. The highest BCUT2D eigenvalue weighted by molar-refractivity contribution is 4.89. The molecule has 0 N–H and O–H groups in total. The fourth-order valence-corrected chi connectivity index (χ4v) is 1.70. The molecule has 0 aromatic carbocycles. The van der Waals surface area contributed by atoms with Gasteiger partial charge in [-0.25, -0.2) is 0 Å². The summed E-state index contributed by atoms with van der Waals surface area (Å²) in [4.78, 5) is 1.80. The fourth-order valence-electron chi connectivity index (χ4n) is 1.70. The molecule has 0 aromatic heterocycles. The van der Waals surface area contributed by atoms with Crippen LogP contribution in [0.25, 0.3) is 0 Å². The minimum Gasteiger partial charge on any atom is -0.371 e. The number of hydrogen-bond donors (Lipinski definition) is 0. The van der Waals surface area contributed by atoms with Gasteiger partial charge in [-0.3, -0.25) is 0 Å². The molecule has 2 rings (SSSR count). The Morgan fingerprint density at radius 3 is 2.40 bits per heavy atom. The maximum absolute atomic E-state index is 8.57. The first-order valence-corrected chi connectivity index (χ1v) is 3.68. The molecule has 0 aliphatic carbocycles. The van der Waals surface area contributed by atoms with Gasteiger partial charge in [-0.2, -0.15) is 5.26 Å². The molecule has 2 bridgehead atoms. The molecule has 2 aliphatic heterocycles. The molecule has 3 heteroatoms. The Morgan fingerprint density at radius 1 is 1.30 bits per heavy atom. The molecule has 3 nitrogen and oxygen atoms in total. The lowest BCUT2D eigenvalue weighted by molar-refractivity contribution is -0.0197. The summed E-state index contributed by atoms with van der Waals surface area (Å²) in [5, 5.41) is 8.57. The quantitative estimate of drug-likeness (QED) is 0.452. The maximum atomic E-state index is 8.57. The highest BCUT2D eigenvalue weighted by Gasteiger charge is 2.32. The van der Waals surface area contributed by atoms with Gasteiger partial charge in [0, 0.05) is 0 Å². The van der Waals surface area contributed by atoms with E-state index in [4.69, 9.17) is 10.00 Å². The Balaban J connectivity index is 2.04. The van der Waals surface area contributed by atoms with E-state index in [1.165, 1.54) is 0 Å². The summed E-state index contributed by atoms with van der Waals surface area (Å²) in [5.74, 6) is 0. The van der Waals surface area contributed by atoms with E-state index < -0.39 is 0 Å². The van der Waals surface area contributed by atoms with Gasteiger partial charge >= 0.3 is 0 Å². The first kappa shape index (κ1) is 5.99. The van der Waals surface area contributed by atoms with Crippen LogP contribution in [0.1, 0.15) is 12.8 Å². The zero-order valence-electron chi connectivity index (χ0n) is 5.79. The van der Waals surface area contributed by atoms with Crippen LogP contribution in [-0.4, -0.2) is 30.2 Å². The van der Waals surface area contributed by atoms with Crippen molar-refractivity contribution >= 4 is 0 Å². The van der Waals surface area contributed by atoms with Gasteiger partial charge in [-0.05, 0) is 12.8 Å². The Labute approximate surface area is 60.2 Å². The summed E-state index contributed by atoms with van der Waals surface area (Å²) in [6, 6.07) is 0. The smallest absolute Gasteiger partial charge is 0.179 e. The summed E-state index contributed by atoms with van der Waals surface area (Å²) in [5.41, 5.74) is 0. The standard InChI is InChI=1S/C7H10N2O/c8-5-9-3-6-1-2-7(4-9)10-6/h6-7H,1-4H2. The van der Waals surface area contributed by atoms with E-state index in [0.29, 0.717) is 12.2 Å². The van der Waals surface area contributed by atoms with Crippen LogP contribution < -0.4 is 0 Å². The van der Waals surface area contributed by atoms with Crippen LogP contribution in [-0.2, 0) is 4.74 Å². The number of rotatable bonds is 0. The van der Waals surface area contributed by atoms with E-state index >= 15 is 0 Å². The summed E-state index contributed by atoms with van der Waals surface area (Å²) in [7, 11) is 0. The SMILES string of the molecule is N#CN1CC2CCC(C1)O2. The highest BCUT2D eigenvalue weighted by Crippen LogP contribution is 2.25. The van der Waals surface area contributed by atoms with Crippen LogP contribution in [0, 0.1) is 11.5 Å². The third-order valence-corrected chi connectivity index (χ3v) is 2.18. The zero-order chi connectivity index (χ0) is 6.97. The molecule has 2 aliphatic rings. The lowest BCUT2D eigenvalue weighted by Gasteiger charge is -2.27. The Morgan fingerprint density at radius 2 is 1.90 bits per heavy atom. The molecule has 54 valence electrons. The Kier molecular flexibility index (Phi) is 1.28. The van der Waals surface area contributed by atoms with Crippen LogP contribution in [0.5, 0.6) is 0 Å². The summed E-state index contributed by atoms with van der Waals surface area (Å²) < 4.78 is 5.54. The van der Waals surface area contributed by atoms with E-state index in [-0.39, 0.29) is 0 Å². The molecule has 0 amide bonds. The van der Waals surface area contributed by atoms with E-state index in [0.717, 1.165) is 25.9 Å². The third kappa shape index (κ3) is 0.850. The van der Waals surface area contributed by atoms with Gasteiger partial charge in [0.05, 0.1) is 25.3 Å². The molecule has 0 aromatic rings. The van der Waals surface area contributed by atoms with Crippen molar-refractivity contribution in [2.45, 2.75) is 25.0 Å². The number of morpholine rings is 1. The number of ether oxygens (including phenoxy) is 1. The van der Waals surface area contributed by atoms with Gasteiger partial charge in [0.2, 0.25) is 0 Å². The first-order valence-electron chi connectivity index (χ1n) is 3.68. The predicted molar refractivity (Wildman–Crippen MR) is 35.1 cm³/mol. The predicted octanol–water partition coefficient (Wildman–Crippen LogP) is 0.331. The first-order chi connectivity index (χ1) is 4.88. The number of fused-ring (bicyclic) bond motifs is 2. The average Bonchev–Trinajstić information content (AvgIpc) is 2.30. The topological polar surface area (TPSA) is 36.3 Å². The molecule has 2 fully saturated rings. The second kappa shape index (κ2) is 2.14. The van der Waals surface area contributed by atoms with Crippen LogP contribution in [0.15, 0.2) is 0 Å². The minimum absolute atomic E-state index is 0.346. The molecule has 0 spiro atoms. The van der Waals surface area contributed by atoms with Gasteiger partial charge in [0.1, 0.15) is 0 Å². The second-order valence-electron chi connectivity index (χ2n) is 2.96. The van der Waals surface area contributed by atoms with E-state index in [9.17, 15) is 0 Å². The van der Waals surface area contributed by atoms with Gasteiger partial charge < -0.3 is 9.64 Å². The number of nitrogens with zero attached hydrogens (tertiary/aromatic N) is 2. The fraction of sp³-hybridized carbons (Fsp3) is 0.857. The molecule has 0 radical (unpaired) electrons. The molecule has 2 heterocycles. The molecule has 10 heavy (non-hydrogen) atoms. The molecular weight excluding hydrogens is 128 g/mol. The van der Waals surface area contributed by atoms with Gasteiger partial charge in [0.15, 0.2) is 6.19 Å². The number of hydrogen-bond acceptors (Lipinski definition) is 3. The van der Waals surface area contributed by atoms with Crippen molar-refractivity contribution in [2.24, 2.45) is 0 Å². The second-order valence-corrected chi connectivity index (χ2v) is 2.96. The Hall–Kier alpha value is -0.750. The minimum atomic E-state index is 0.346. The van der Waals surface area contributed by atoms with Crippen LogP contribution in [0.3, 0.4) is 0 Å². The van der Waals surface area contributed by atoms with Gasteiger partial charge in [-0.1, -0.05) is 0 Å². The molecular formula is C7H10N2O. The lowest BCUT2D eigenvalue weighted by Crippen LogP contribution is -2.39. The van der Waals surface area contributed by atoms with Crippen LogP contribution in [0.2, 0.25) is 0 Å². The van der Waals surface area contributed by atoms with Crippen LogP contribution in [0.4, 0.5) is 0 Å². The van der Waals surface area contributed by atoms with Crippen molar-refractivity contribution in [2.75, 3.05) is 13.1 Å². The molecule has 0 saturated carbocycles. The van der Waals surface area contributed by atoms with Crippen molar-refractivity contribution in [1.29, 1.82) is 5.26 Å². The van der Waals surface area contributed by atoms with Gasteiger partial charge in [-0.15, -0.1) is 0 Å². The highest BCUT2D eigenvalue weighted by atomic mass is 16.5. The maximum Gasteiger partial charge on any atom is 0.179 e. The molecule has 2 atom stereocenters. The van der Waals surface area contributed by atoms with Crippen LogP contribution >= 0.6 is 0 Å². The monoisotopic (exact) mass is 138 g/mol. The lowest BCUT2D eigenvalue weighted by atomic mass is 10.2. The van der Waals surface area contributed by atoms with Crippen molar-refractivity contribution in [3.63, 3.8) is 0 Å². The third-order valence-electron chi connectivity index (χ3n) is 2.18. The Bertz CT molecular complexity index is 163. The van der Waals surface area contributed by atoms with Crippen molar-refractivity contribution < 1.29 is 4.74 Å². The van der Waals surface area contributed by atoms with E-state index in [1.807, 2.05) is 0 Å². The summed E-state index contributed by atoms with van der Waals surface area (Å²) in [6.45, 7) is 1.62. The molecule has 2 saturated heterocycles. The van der Waals surface area contributed by atoms with Crippen molar-refractivity contribution in [3.8, 4) is 6.19 Å². The van der Waals surface area contributed by atoms with E-state index in [2.05, 4.69) is 6.19 Å². The average molecular weight is 138 g/mol. The normalized spacial score (nSPS) is 37.7. The van der Waals surface area contributed by atoms with Crippen molar-refractivity contribution in [1.82, 2.24) is 4.90 Å². The summed E-state index contributed by atoms with van der Waals surface area (Å²) in [6.07, 6.45) is 5.13. The summed E-state index contributed by atoms with van der Waals surface area (Å²) >= 11 is 0. The largest absolute Gasteiger partial charge is 0.371 e. The van der Waals surface area contributed by atoms with E-state index in [1.54, 1.807) is 4.90 Å². The number of likely N-dealkylation sites (tertiary alicyclic amines) is 1. The zero-order valence-corrected chi connectivity index (χ0v) is 5.79.